The van der Waals surface area contributed by atoms with E-state index in [0.717, 1.165) is 5.69 Å². The molecule has 0 fully saturated rings. The van der Waals surface area contributed by atoms with Crippen LogP contribution in [0.1, 0.15) is 5.69 Å². The maximum absolute atomic E-state index is 12.2. The van der Waals surface area contributed by atoms with Crippen molar-refractivity contribution in [3.05, 3.63) is 36.0 Å². The van der Waals surface area contributed by atoms with E-state index in [4.69, 9.17) is 4.74 Å². The third-order valence-electron chi connectivity index (χ3n) is 2.59. The van der Waals surface area contributed by atoms with Crippen LogP contribution >= 0.6 is 0 Å². The highest BCUT2D eigenvalue weighted by atomic mass is 32.2. The molecule has 0 spiro atoms. The summed E-state index contributed by atoms with van der Waals surface area (Å²) in [5, 5.41) is 4.08. The Kier molecular flexibility index (Phi) is 4.05. The summed E-state index contributed by atoms with van der Waals surface area (Å²) in [5.74, 6) is 0.777. The molecule has 2 rings (SSSR count). The molecule has 0 aliphatic carbocycles. The van der Waals surface area contributed by atoms with Gasteiger partial charge in [0.1, 0.15) is 5.75 Å². The first kappa shape index (κ1) is 16.1. The van der Waals surface area contributed by atoms with Crippen molar-refractivity contribution in [3.63, 3.8) is 0 Å². The third kappa shape index (κ3) is 3.50. The van der Waals surface area contributed by atoms with Crippen LogP contribution in [0.15, 0.2) is 30.3 Å². The summed E-state index contributed by atoms with van der Waals surface area (Å²) in [6, 6.07) is 6.71. The van der Waals surface area contributed by atoms with E-state index in [-0.39, 0.29) is 5.69 Å². The lowest BCUT2D eigenvalue weighted by Gasteiger charge is -2.11. The monoisotopic (exact) mass is 335 g/mol. The van der Waals surface area contributed by atoms with Crippen molar-refractivity contribution in [1.82, 2.24) is 9.78 Å². The van der Waals surface area contributed by atoms with Crippen LogP contribution in [-0.2, 0) is 17.1 Å². The average molecular weight is 335 g/mol. The Morgan fingerprint density at radius 3 is 2.27 bits per heavy atom. The molecule has 1 aromatic carbocycles. The molecule has 0 unspecified atom stereocenters. The highest BCUT2D eigenvalue weighted by molar-refractivity contribution is 7.93. The Morgan fingerprint density at radius 1 is 1.23 bits per heavy atom. The molecule has 0 aliphatic rings. The molecule has 0 saturated carbocycles. The summed E-state index contributed by atoms with van der Waals surface area (Å²) in [5.41, 5.74) is -4.84. The predicted molar refractivity (Wildman–Crippen MR) is 73.1 cm³/mol. The van der Waals surface area contributed by atoms with Crippen LogP contribution in [0.2, 0.25) is 0 Å². The molecular formula is C12H12F3N3O3S. The smallest absolute Gasteiger partial charge is 0.439 e. The molecule has 1 N–H and O–H groups in total. The number of anilines is 1. The molecule has 6 nitrogen and oxygen atoms in total. The standard InChI is InChI=1S/C12H12F3N3O3S/c1-8-7-11(18(2)16-8)21-10-5-3-9(4-6-10)17-22(19,20)12(13,14)15/h3-7,17H,1-2H3. The van der Waals surface area contributed by atoms with Gasteiger partial charge in [-0.2, -0.15) is 26.7 Å². The van der Waals surface area contributed by atoms with E-state index < -0.39 is 15.5 Å². The molecule has 1 aromatic heterocycles. The van der Waals surface area contributed by atoms with Gasteiger partial charge in [-0.3, -0.25) is 4.72 Å². The van der Waals surface area contributed by atoms with Crippen LogP contribution in [0.4, 0.5) is 18.9 Å². The lowest BCUT2D eigenvalue weighted by molar-refractivity contribution is -0.0429. The maximum Gasteiger partial charge on any atom is 0.516 e. The molecule has 120 valence electrons. The van der Waals surface area contributed by atoms with Crippen LogP contribution in [0.5, 0.6) is 11.6 Å². The summed E-state index contributed by atoms with van der Waals surface area (Å²) in [4.78, 5) is 0. The van der Waals surface area contributed by atoms with Gasteiger partial charge in [0.05, 0.1) is 5.69 Å². The summed E-state index contributed by atoms with van der Waals surface area (Å²) in [6.45, 7) is 1.78. The molecule has 1 heterocycles. The minimum Gasteiger partial charge on any atom is -0.439 e. The van der Waals surface area contributed by atoms with Gasteiger partial charge in [-0.25, -0.2) is 4.68 Å². The number of halogens is 3. The number of ether oxygens (including phenoxy) is 1. The quantitative estimate of drug-likeness (QED) is 0.932. The van der Waals surface area contributed by atoms with Crippen molar-refractivity contribution in [2.75, 3.05) is 4.72 Å². The molecule has 22 heavy (non-hydrogen) atoms. The summed E-state index contributed by atoms with van der Waals surface area (Å²) >= 11 is 0. The van der Waals surface area contributed by atoms with Crippen LogP contribution < -0.4 is 9.46 Å². The average Bonchev–Trinajstić information content (AvgIpc) is 2.68. The van der Waals surface area contributed by atoms with E-state index in [1.54, 1.807) is 20.0 Å². The van der Waals surface area contributed by atoms with Crippen molar-refractivity contribution >= 4 is 15.7 Å². The van der Waals surface area contributed by atoms with Crippen LogP contribution in [0, 0.1) is 6.92 Å². The first-order valence-corrected chi connectivity index (χ1v) is 7.44. The predicted octanol–water partition coefficient (Wildman–Crippen LogP) is 2.78. The highest BCUT2D eigenvalue weighted by Crippen LogP contribution is 2.27. The van der Waals surface area contributed by atoms with Crippen molar-refractivity contribution in [3.8, 4) is 11.6 Å². The minimum atomic E-state index is -5.43. The Bertz CT molecular complexity index is 767. The Morgan fingerprint density at radius 2 is 1.82 bits per heavy atom. The lowest BCUT2D eigenvalue weighted by atomic mass is 10.3. The number of sulfonamides is 1. The molecule has 0 saturated heterocycles. The summed E-state index contributed by atoms with van der Waals surface area (Å²) < 4.78 is 67.1. The van der Waals surface area contributed by atoms with Crippen molar-refractivity contribution in [1.29, 1.82) is 0 Å². The Balaban J connectivity index is 2.13. The Hall–Kier alpha value is -2.23. The number of hydrogen-bond acceptors (Lipinski definition) is 4. The van der Waals surface area contributed by atoms with Gasteiger partial charge in [0.2, 0.25) is 5.88 Å². The number of benzene rings is 1. The molecule has 10 heteroatoms. The minimum absolute atomic E-state index is 0.217. The molecule has 0 bridgehead atoms. The lowest BCUT2D eigenvalue weighted by Crippen LogP contribution is -2.29. The zero-order valence-corrected chi connectivity index (χ0v) is 12.4. The van der Waals surface area contributed by atoms with Gasteiger partial charge in [-0.15, -0.1) is 0 Å². The van der Waals surface area contributed by atoms with Gasteiger partial charge in [0.25, 0.3) is 0 Å². The number of aryl methyl sites for hydroxylation is 2. The van der Waals surface area contributed by atoms with E-state index in [1.807, 2.05) is 0 Å². The van der Waals surface area contributed by atoms with Gasteiger partial charge in [0.15, 0.2) is 0 Å². The normalized spacial score (nSPS) is 12.2. The third-order valence-corrected chi connectivity index (χ3v) is 3.71. The number of hydrogen-bond donors (Lipinski definition) is 1. The fraction of sp³-hybridized carbons (Fsp3) is 0.250. The highest BCUT2D eigenvalue weighted by Gasteiger charge is 2.45. The number of nitrogens with zero attached hydrogens (tertiary/aromatic N) is 2. The number of rotatable bonds is 4. The van der Waals surface area contributed by atoms with Gasteiger partial charge >= 0.3 is 15.5 Å². The SMILES string of the molecule is Cc1cc(Oc2ccc(NS(=O)(=O)C(F)(F)F)cc2)n(C)n1. The molecule has 0 aliphatic heterocycles. The van der Waals surface area contributed by atoms with Gasteiger partial charge in [-0.05, 0) is 31.2 Å². The summed E-state index contributed by atoms with van der Waals surface area (Å²) in [7, 11) is -3.76. The largest absolute Gasteiger partial charge is 0.516 e. The van der Waals surface area contributed by atoms with Crippen molar-refractivity contribution in [2.45, 2.75) is 12.4 Å². The second-order valence-corrected chi connectivity index (χ2v) is 6.10. The fourth-order valence-electron chi connectivity index (χ4n) is 1.61. The Labute approximate surface area is 124 Å². The van der Waals surface area contributed by atoms with E-state index in [1.165, 1.54) is 33.7 Å². The summed E-state index contributed by atoms with van der Waals surface area (Å²) in [6.07, 6.45) is 0. The van der Waals surface area contributed by atoms with E-state index in [2.05, 4.69) is 5.10 Å². The van der Waals surface area contributed by atoms with Crippen molar-refractivity contribution < 1.29 is 26.3 Å². The van der Waals surface area contributed by atoms with E-state index in [9.17, 15) is 21.6 Å². The second kappa shape index (κ2) is 5.52. The number of nitrogens with one attached hydrogen (secondary N) is 1. The fourth-order valence-corrected chi connectivity index (χ4v) is 2.17. The zero-order chi connectivity index (χ0) is 16.5. The van der Waals surface area contributed by atoms with E-state index in [0.29, 0.717) is 11.6 Å². The van der Waals surface area contributed by atoms with Crippen molar-refractivity contribution in [2.24, 2.45) is 7.05 Å². The molecule has 0 atom stereocenters. The number of alkyl halides is 3. The molecule has 2 aromatic rings. The van der Waals surface area contributed by atoms with Gasteiger partial charge in [-0.1, -0.05) is 0 Å². The van der Waals surface area contributed by atoms with Gasteiger partial charge < -0.3 is 4.74 Å². The van der Waals surface area contributed by atoms with Crippen LogP contribution in [0.3, 0.4) is 0 Å². The van der Waals surface area contributed by atoms with Crippen LogP contribution in [-0.4, -0.2) is 23.7 Å². The van der Waals surface area contributed by atoms with Gasteiger partial charge in [0, 0.05) is 18.8 Å². The van der Waals surface area contributed by atoms with Crippen LogP contribution in [0.25, 0.3) is 0 Å². The topological polar surface area (TPSA) is 73.2 Å². The molecular weight excluding hydrogens is 323 g/mol. The first-order valence-electron chi connectivity index (χ1n) is 5.96. The zero-order valence-electron chi connectivity index (χ0n) is 11.5. The molecule has 0 amide bonds. The first-order chi connectivity index (χ1) is 10.1. The number of aromatic nitrogens is 2. The second-order valence-electron chi connectivity index (χ2n) is 4.43. The van der Waals surface area contributed by atoms with E-state index >= 15 is 0 Å². The maximum atomic E-state index is 12.2. The molecule has 0 radical (unpaired) electrons.